The minimum atomic E-state index is -0.139. The fraction of sp³-hybridized carbons (Fsp3) is 0.158. The van der Waals surface area contributed by atoms with Gasteiger partial charge in [0.2, 0.25) is 0 Å². The summed E-state index contributed by atoms with van der Waals surface area (Å²) in [7, 11) is 0. The number of hydrogen-bond donors (Lipinski definition) is 1. The number of rotatable bonds is 2. The highest BCUT2D eigenvalue weighted by Crippen LogP contribution is 2.42. The Balaban J connectivity index is 1.91. The second-order valence-corrected chi connectivity index (χ2v) is 5.93. The van der Waals surface area contributed by atoms with Gasteiger partial charge in [-0.1, -0.05) is 48.0 Å². The van der Waals surface area contributed by atoms with Gasteiger partial charge in [-0.2, -0.15) is 5.10 Å². The van der Waals surface area contributed by atoms with Gasteiger partial charge in [0, 0.05) is 16.9 Å². The van der Waals surface area contributed by atoms with Gasteiger partial charge in [0.15, 0.2) is 5.69 Å². The second kappa shape index (κ2) is 5.09. The summed E-state index contributed by atoms with van der Waals surface area (Å²) in [5, 5.41) is 7.18. The SMILES string of the molecule is Cc1ccc(N2C(=O)c3n[nH]c(C)c3[C@H]2c2ccccc2)cc1. The first-order chi connectivity index (χ1) is 11.2. The van der Waals surface area contributed by atoms with E-state index >= 15 is 0 Å². The minimum absolute atomic E-state index is 0.0537. The standard InChI is InChI=1S/C19H17N3O/c1-12-8-10-15(11-9-12)22-18(14-6-4-3-5-7-14)16-13(2)20-21-17(16)19(22)23/h3-11,18H,1-2H3,(H,20,21)/t18-/m1/s1. The maximum atomic E-state index is 12.9. The summed E-state index contributed by atoms with van der Waals surface area (Å²) in [6, 6.07) is 18.0. The number of amides is 1. The molecule has 2 heterocycles. The van der Waals surface area contributed by atoms with Gasteiger partial charge < -0.3 is 0 Å². The molecule has 0 aliphatic carbocycles. The molecule has 1 amide bonds. The number of aromatic amines is 1. The van der Waals surface area contributed by atoms with Crippen LogP contribution in [0.3, 0.4) is 0 Å². The van der Waals surface area contributed by atoms with Crippen molar-refractivity contribution in [1.82, 2.24) is 10.2 Å². The van der Waals surface area contributed by atoms with Crippen molar-refractivity contribution in [3.05, 3.63) is 82.7 Å². The molecule has 0 bridgehead atoms. The number of fused-ring (bicyclic) bond motifs is 1. The Labute approximate surface area is 134 Å². The van der Waals surface area contributed by atoms with E-state index in [0.717, 1.165) is 22.5 Å². The van der Waals surface area contributed by atoms with E-state index < -0.39 is 0 Å². The van der Waals surface area contributed by atoms with Gasteiger partial charge in [0.05, 0.1) is 6.04 Å². The van der Waals surface area contributed by atoms with E-state index in [2.05, 4.69) is 22.3 Å². The Bertz CT molecular complexity index is 865. The van der Waals surface area contributed by atoms with Crippen molar-refractivity contribution in [3.63, 3.8) is 0 Å². The molecule has 3 aromatic rings. The number of aromatic nitrogens is 2. The molecule has 1 atom stereocenters. The molecule has 0 fully saturated rings. The van der Waals surface area contributed by atoms with Crippen molar-refractivity contribution < 1.29 is 4.79 Å². The number of anilines is 1. The third-order valence-electron chi connectivity index (χ3n) is 4.38. The predicted octanol–water partition coefficient (Wildman–Crippen LogP) is 3.78. The van der Waals surface area contributed by atoms with Crippen molar-refractivity contribution in [1.29, 1.82) is 0 Å². The molecule has 0 radical (unpaired) electrons. The first kappa shape index (κ1) is 13.8. The molecule has 0 saturated carbocycles. The highest BCUT2D eigenvalue weighted by Gasteiger charge is 2.42. The lowest BCUT2D eigenvalue weighted by molar-refractivity contribution is 0.0988. The molecule has 0 unspecified atom stereocenters. The lowest BCUT2D eigenvalue weighted by Crippen LogP contribution is -2.29. The fourth-order valence-corrected chi connectivity index (χ4v) is 3.22. The zero-order valence-corrected chi connectivity index (χ0v) is 13.1. The van der Waals surface area contributed by atoms with Gasteiger partial charge in [0.1, 0.15) is 0 Å². The summed E-state index contributed by atoms with van der Waals surface area (Å²) >= 11 is 0. The summed E-state index contributed by atoms with van der Waals surface area (Å²) in [5.74, 6) is -0.0537. The lowest BCUT2D eigenvalue weighted by Gasteiger charge is -2.26. The molecule has 4 heteroatoms. The maximum Gasteiger partial charge on any atom is 0.279 e. The highest BCUT2D eigenvalue weighted by atomic mass is 16.2. The molecule has 0 saturated heterocycles. The molecule has 23 heavy (non-hydrogen) atoms. The van der Waals surface area contributed by atoms with Crippen LogP contribution in [0.1, 0.15) is 38.9 Å². The molecule has 114 valence electrons. The average Bonchev–Trinajstić information content (AvgIpc) is 3.08. The van der Waals surface area contributed by atoms with Gasteiger partial charge in [-0.3, -0.25) is 14.8 Å². The maximum absolute atomic E-state index is 12.9. The van der Waals surface area contributed by atoms with Crippen LogP contribution in [-0.2, 0) is 0 Å². The van der Waals surface area contributed by atoms with Crippen LogP contribution in [0.25, 0.3) is 0 Å². The third kappa shape index (κ3) is 2.06. The normalized spacial score (nSPS) is 16.7. The van der Waals surface area contributed by atoms with Crippen LogP contribution in [0.15, 0.2) is 54.6 Å². The molecule has 1 N–H and O–H groups in total. The second-order valence-electron chi connectivity index (χ2n) is 5.93. The number of H-pyrrole nitrogens is 1. The van der Waals surface area contributed by atoms with Crippen molar-refractivity contribution in [2.75, 3.05) is 4.90 Å². The van der Waals surface area contributed by atoms with Crippen LogP contribution in [0.2, 0.25) is 0 Å². The number of nitrogens with zero attached hydrogens (tertiary/aromatic N) is 2. The summed E-state index contributed by atoms with van der Waals surface area (Å²) in [5.41, 5.74) is 5.60. The number of hydrogen-bond acceptors (Lipinski definition) is 2. The number of nitrogens with one attached hydrogen (secondary N) is 1. The van der Waals surface area contributed by atoms with Gasteiger partial charge >= 0.3 is 0 Å². The molecule has 1 aromatic heterocycles. The minimum Gasteiger partial charge on any atom is -0.295 e. The topological polar surface area (TPSA) is 49.0 Å². The average molecular weight is 303 g/mol. The molecular formula is C19H17N3O. The Morgan fingerprint density at radius 1 is 1.00 bits per heavy atom. The largest absolute Gasteiger partial charge is 0.295 e. The van der Waals surface area contributed by atoms with Crippen molar-refractivity contribution in [3.8, 4) is 0 Å². The summed E-state index contributed by atoms with van der Waals surface area (Å²) in [6.45, 7) is 4.01. The molecule has 2 aromatic carbocycles. The smallest absolute Gasteiger partial charge is 0.279 e. The van der Waals surface area contributed by atoms with E-state index in [1.54, 1.807) is 0 Å². The summed E-state index contributed by atoms with van der Waals surface area (Å²) in [6.07, 6.45) is 0. The fourth-order valence-electron chi connectivity index (χ4n) is 3.22. The highest BCUT2D eigenvalue weighted by molar-refractivity contribution is 6.10. The summed E-state index contributed by atoms with van der Waals surface area (Å²) in [4.78, 5) is 14.8. The van der Waals surface area contributed by atoms with Crippen LogP contribution in [0, 0.1) is 13.8 Å². The van der Waals surface area contributed by atoms with Gasteiger partial charge in [-0.25, -0.2) is 0 Å². The zero-order chi connectivity index (χ0) is 16.0. The number of aryl methyl sites for hydroxylation is 2. The molecule has 1 aliphatic rings. The number of carbonyl (C=O) groups is 1. The molecule has 1 aliphatic heterocycles. The number of benzene rings is 2. The van der Waals surface area contributed by atoms with Gasteiger partial charge in [-0.05, 0) is 31.5 Å². The van der Waals surface area contributed by atoms with Crippen molar-refractivity contribution >= 4 is 11.6 Å². The number of carbonyl (C=O) groups excluding carboxylic acids is 1. The van der Waals surface area contributed by atoms with E-state index in [9.17, 15) is 4.79 Å². The van der Waals surface area contributed by atoms with Crippen LogP contribution < -0.4 is 4.90 Å². The summed E-state index contributed by atoms with van der Waals surface area (Å²) < 4.78 is 0. The Hall–Kier alpha value is -2.88. The first-order valence-electron chi connectivity index (χ1n) is 7.67. The predicted molar refractivity (Wildman–Crippen MR) is 89.6 cm³/mol. The van der Waals surface area contributed by atoms with Crippen molar-refractivity contribution in [2.24, 2.45) is 0 Å². The van der Waals surface area contributed by atoms with Crippen LogP contribution in [0.5, 0.6) is 0 Å². The van der Waals surface area contributed by atoms with Crippen LogP contribution >= 0.6 is 0 Å². The van der Waals surface area contributed by atoms with Gasteiger partial charge in [0.25, 0.3) is 5.91 Å². The third-order valence-corrected chi connectivity index (χ3v) is 4.38. The van der Waals surface area contributed by atoms with Crippen molar-refractivity contribution in [2.45, 2.75) is 19.9 Å². The van der Waals surface area contributed by atoms with E-state index in [-0.39, 0.29) is 11.9 Å². The van der Waals surface area contributed by atoms with Gasteiger partial charge in [-0.15, -0.1) is 0 Å². The first-order valence-corrected chi connectivity index (χ1v) is 7.67. The Kier molecular flexibility index (Phi) is 3.05. The molecular weight excluding hydrogens is 286 g/mol. The van der Waals surface area contributed by atoms with E-state index in [1.807, 2.05) is 61.2 Å². The van der Waals surface area contributed by atoms with E-state index in [4.69, 9.17) is 0 Å². The Morgan fingerprint density at radius 3 is 2.39 bits per heavy atom. The zero-order valence-electron chi connectivity index (χ0n) is 13.1. The quantitative estimate of drug-likeness (QED) is 0.783. The molecule has 4 rings (SSSR count). The lowest BCUT2D eigenvalue weighted by atomic mass is 9.99. The van der Waals surface area contributed by atoms with E-state index in [0.29, 0.717) is 5.69 Å². The molecule has 4 nitrogen and oxygen atoms in total. The monoisotopic (exact) mass is 303 g/mol. The van der Waals surface area contributed by atoms with Crippen LogP contribution in [0.4, 0.5) is 5.69 Å². The van der Waals surface area contributed by atoms with E-state index in [1.165, 1.54) is 5.56 Å². The van der Waals surface area contributed by atoms with Crippen LogP contribution in [-0.4, -0.2) is 16.1 Å². The molecule has 0 spiro atoms. The Morgan fingerprint density at radius 2 is 1.70 bits per heavy atom.